The van der Waals surface area contributed by atoms with Crippen LogP contribution in [0, 0.1) is 0 Å². The summed E-state index contributed by atoms with van der Waals surface area (Å²) in [6.07, 6.45) is 5.55. The third-order valence-electron chi connectivity index (χ3n) is 2.92. The number of esters is 1. The van der Waals surface area contributed by atoms with Crippen LogP contribution >= 0.6 is 0 Å². The first-order chi connectivity index (χ1) is 7.69. The lowest BCUT2D eigenvalue weighted by atomic mass is 10.1. The van der Waals surface area contributed by atoms with Gasteiger partial charge in [0.1, 0.15) is 12.2 Å². The summed E-state index contributed by atoms with van der Waals surface area (Å²) in [6, 6.07) is 0. The molecular formula is C12H18O4. The Hall–Kier alpha value is -0.870. The number of hydrogen-bond acceptors (Lipinski definition) is 4. The molecule has 4 atom stereocenters. The molecule has 1 fully saturated rings. The number of carbonyl (C=O) groups excluding carboxylic acids is 1. The first-order valence-corrected chi connectivity index (χ1v) is 5.90. The summed E-state index contributed by atoms with van der Waals surface area (Å²) in [7, 11) is 0. The molecule has 2 heterocycles. The van der Waals surface area contributed by atoms with E-state index < -0.39 is 6.10 Å². The monoisotopic (exact) mass is 226 g/mol. The largest absolute Gasteiger partial charge is 0.462 e. The van der Waals surface area contributed by atoms with Crippen molar-refractivity contribution < 1.29 is 19.4 Å². The standard InChI is InChI=1S/C12H18O4/c1-2-3-9-7-11-10(16-11)5-4-8(13)6-12(14)15-9/h4-5,8-11,13H,2-3,6-7H2,1H3/b5-4+/t8-,9+,10+,11-/m1/s1. The summed E-state index contributed by atoms with van der Waals surface area (Å²) in [5.41, 5.74) is 0. The van der Waals surface area contributed by atoms with Gasteiger partial charge in [-0.25, -0.2) is 0 Å². The molecule has 0 amide bonds. The third kappa shape index (κ3) is 3.06. The SMILES string of the molecule is CCC[C@H]1C[C@H]2O[C@H]2/C=C/[C@@H](O)CC(=O)O1. The molecule has 0 bridgehead atoms. The number of aliphatic hydroxyl groups excluding tert-OH is 1. The van der Waals surface area contributed by atoms with Gasteiger partial charge in [0.15, 0.2) is 0 Å². The predicted octanol–water partition coefficient (Wildman–Crippen LogP) is 1.18. The van der Waals surface area contributed by atoms with Gasteiger partial charge in [-0.3, -0.25) is 4.79 Å². The van der Waals surface area contributed by atoms with Crippen molar-refractivity contribution in [3.05, 3.63) is 12.2 Å². The molecule has 0 radical (unpaired) electrons. The smallest absolute Gasteiger partial charge is 0.309 e. The highest BCUT2D eigenvalue weighted by molar-refractivity contribution is 5.70. The molecule has 0 unspecified atom stereocenters. The minimum absolute atomic E-state index is 0.0358. The quantitative estimate of drug-likeness (QED) is 0.436. The molecule has 4 heteroatoms. The van der Waals surface area contributed by atoms with E-state index in [9.17, 15) is 9.90 Å². The number of cyclic esters (lactones) is 1. The number of carbonyl (C=O) groups is 1. The second kappa shape index (κ2) is 4.97. The number of rotatable bonds is 2. The fourth-order valence-electron chi connectivity index (χ4n) is 2.03. The van der Waals surface area contributed by atoms with E-state index in [2.05, 4.69) is 6.92 Å². The van der Waals surface area contributed by atoms with Crippen molar-refractivity contribution in [2.45, 2.75) is 57.0 Å². The summed E-state index contributed by atoms with van der Waals surface area (Å²) in [4.78, 5) is 11.5. The van der Waals surface area contributed by atoms with Crippen molar-refractivity contribution in [1.29, 1.82) is 0 Å². The van der Waals surface area contributed by atoms with Gasteiger partial charge in [-0.05, 0) is 6.42 Å². The summed E-state index contributed by atoms with van der Waals surface area (Å²) >= 11 is 0. The van der Waals surface area contributed by atoms with Crippen LogP contribution in [-0.2, 0) is 14.3 Å². The summed E-state index contributed by atoms with van der Waals surface area (Å²) in [6.45, 7) is 2.06. The van der Waals surface area contributed by atoms with Crippen molar-refractivity contribution in [3.63, 3.8) is 0 Å². The van der Waals surface area contributed by atoms with Crippen LogP contribution in [0.2, 0.25) is 0 Å². The Bertz CT molecular complexity index is 287. The molecule has 0 aromatic carbocycles. The van der Waals surface area contributed by atoms with Crippen molar-refractivity contribution >= 4 is 5.97 Å². The first kappa shape index (κ1) is 11.6. The van der Waals surface area contributed by atoms with Crippen LogP contribution in [0.25, 0.3) is 0 Å². The topological polar surface area (TPSA) is 59.1 Å². The number of aliphatic hydroxyl groups is 1. The van der Waals surface area contributed by atoms with Crippen LogP contribution in [0.1, 0.15) is 32.6 Å². The molecule has 2 rings (SSSR count). The zero-order valence-corrected chi connectivity index (χ0v) is 9.46. The van der Waals surface area contributed by atoms with Crippen molar-refractivity contribution in [2.24, 2.45) is 0 Å². The lowest BCUT2D eigenvalue weighted by molar-refractivity contribution is -0.151. The number of fused-ring (bicyclic) bond motifs is 1. The van der Waals surface area contributed by atoms with E-state index in [1.165, 1.54) is 0 Å². The molecule has 2 aliphatic rings. The maximum absolute atomic E-state index is 11.5. The van der Waals surface area contributed by atoms with Gasteiger partial charge in [0.05, 0.1) is 18.6 Å². The highest BCUT2D eigenvalue weighted by Gasteiger charge is 2.39. The van der Waals surface area contributed by atoms with Gasteiger partial charge in [0, 0.05) is 6.42 Å². The zero-order valence-electron chi connectivity index (χ0n) is 9.46. The lowest BCUT2D eigenvalue weighted by Crippen LogP contribution is -2.24. The van der Waals surface area contributed by atoms with Crippen LogP contribution in [0.4, 0.5) is 0 Å². The molecule has 90 valence electrons. The Labute approximate surface area is 95.2 Å². The Morgan fingerprint density at radius 2 is 2.31 bits per heavy atom. The number of ether oxygens (including phenoxy) is 2. The molecule has 0 saturated carbocycles. The van der Waals surface area contributed by atoms with Gasteiger partial charge in [0.2, 0.25) is 0 Å². The maximum atomic E-state index is 11.5. The van der Waals surface area contributed by atoms with Crippen LogP contribution in [-0.4, -0.2) is 35.5 Å². The van der Waals surface area contributed by atoms with E-state index in [4.69, 9.17) is 9.47 Å². The highest BCUT2D eigenvalue weighted by Crippen LogP contribution is 2.30. The Morgan fingerprint density at radius 3 is 3.06 bits per heavy atom. The van der Waals surface area contributed by atoms with Crippen LogP contribution < -0.4 is 0 Å². The molecule has 0 aromatic rings. The van der Waals surface area contributed by atoms with Gasteiger partial charge >= 0.3 is 5.97 Å². The Morgan fingerprint density at radius 1 is 1.50 bits per heavy atom. The van der Waals surface area contributed by atoms with Crippen molar-refractivity contribution in [2.75, 3.05) is 0 Å². The minimum Gasteiger partial charge on any atom is -0.462 e. The van der Waals surface area contributed by atoms with E-state index in [0.29, 0.717) is 0 Å². The fourth-order valence-corrected chi connectivity index (χ4v) is 2.03. The fraction of sp³-hybridized carbons (Fsp3) is 0.750. The summed E-state index contributed by atoms with van der Waals surface area (Å²) < 4.78 is 10.7. The van der Waals surface area contributed by atoms with E-state index >= 15 is 0 Å². The molecule has 1 saturated heterocycles. The zero-order chi connectivity index (χ0) is 11.5. The average Bonchev–Trinajstić information content (AvgIpc) is 2.93. The molecule has 1 N–H and O–H groups in total. The Kier molecular flexibility index (Phi) is 3.61. The van der Waals surface area contributed by atoms with Gasteiger partial charge < -0.3 is 14.6 Å². The second-order valence-corrected chi connectivity index (χ2v) is 4.43. The van der Waals surface area contributed by atoms with Crippen molar-refractivity contribution in [1.82, 2.24) is 0 Å². The lowest BCUT2D eigenvalue weighted by Gasteiger charge is -2.17. The molecular weight excluding hydrogens is 208 g/mol. The molecule has 0 aromatic heterocycles. The minimum atomic E-state index is -0.752. The van der Waals surface area contributed by atoms with Crippen molar-refractivity contribution in [3.8, 4) is 0 Å². The molecule has 0 aliphatic carbocycles. The van der Waals surface area contributed by atoms with E-state index in [-0.39, 0.29) is 30.7 Å². The van der Waals surface area contributed by atoms with Crippen LogP contribution in [0.3, 0.4) is 0 Å². The van der Waals surface area contributed by atoms with Gasteiger partial charge in [-0.15, -0.1) is 0 Å². The van der Waals surface area contributed by atoms with Crippen LogP contribution in [0.15, 0.2) is 12.2 Å². The summed E-state index contributed by atoms with van der Waals surface area (Å²) in [5, 5.41) is 9.51. The third-order valence-corrected chi connectivity index (χ3v) is 2.92. The average molecular weight is 226 g/mol. The summed E-state index contributed by atoms with van der Waals surface area (Å²) in [5.74, 6) is -0.324. The van der Waals surface area contributed by atoms with Gasteiger partial charge in [0.25, 0.3) is 0 Å². The normalized spacial score (nSPS) is 40.8. The van der Waals surface area contributed by atoms with Gasteiger partial charge in [-0.1, -0.05) is 25.5 Å². The Balaban J connectivity index is 1.99. The molecule has 16 heavy (non-hydrogen) atoms. The molecule has 2 aliphatic heterocycles. The van der Waals surface area contributed by atoms with E-state index in [1.807, 2.05) is 6.08 Å². The first-order valence-electron chi connectivity index (χ1n) is 5.90. The molecule has 0 spiro atoms. The number of epoxide rings is 1. The second-order valence-electron chi connectivity index (χ2n) is 4.43. The van der Waals surface area contributed by atoms with E-state index in [1.54, 1.807) is 6.08 Å². The predicted molar refractivity (Wildman–Crippen MR) is 57.8 cm³/mol. The van der Waals surface area contributed by atoms with Crippen LogP contribution in [0.5, 0.6) is 0 Å². The maximum Gasteiger partial charge on any atom is 0.309 e. The van der Waals surface area contributed by atoms with Gasteiger partial charge in [-0.2, -0.15) is 0 Å². The highest BCUT2D eigenvalue weighted by atomic mass is 16.6. The molecule has 4 nitrogen and oxygen atoms in total. The van der Waals surface area contributed by atoms with E-state index in [0.717, 1.165) is 19.3 Å². The number of hydrogen-bond donors (Lipinski definition) is 1.